The van der Waals surface area contributed by atoms with Crippen LogP contribution in [0.2, 0.25) is 5.02 Å². The van der Waals surface area contributed by atoms with Crippen molar-refractivity contribution in [3.8, 4) is 0 Å². The molecule has 38 heavy (non-hydrogen) atoms. The van der Waals surface area contributed by atoms with Gasteiger partial charge in [-0.3, -0.25) is 4.79 Å². The van der Waals surface area contributed by atoms with Crippen LogP contribution in [0, 0.1) is 5.82 Å². The normalized spacial score (nSPS) is 14.1. The molecular formula is C28H38ClFN4O4. The summed E-state index contributed by atoms with van der Waals surface area (Å²) in [6.07, 6.45) is 5.49. The number of fused-ring (bicyclic) bond motifs is 1. The first-order valence-electron chi connectivity index (χ1n) is 13.2. The Bertz CT molecular complexity index is 1110. The highest BCUT2D eigenvalue weighted by Gasteiger charge is 2.24. The quantitative estimate of drug-likeness (QED) is 0.260. The molecule has 0 saturated carbocycles. The topological polar surface area (TPSA) is 115 Å². The van der Waals surface area contributed by atoms with Crippen LogP contribution >= 0.6 is 11.6 Å². The molecule has 0 saturated heterocycles. The van der Waals surface area contributed by atoms with Crippen molar-refractivity contribution in [2.24, 2.45) is 0 Å². The Labute approximate surface area is 228 Å². The maximum absolute atomic E-state index is 13.7. The van der Waals surface area contributed by atoms with Crippen molar-refractivity contribution in [3.05, 3.63) is 58.0 Å². The highest BCUT2D eigenvalue weighted by atomic mass is 35.5. The summed E-state index contributed by atoms with van der Waals surface area (Å²) in [5.41, 5.74) is 1.35. The van der Waals surface area contributed by atoms with Crippen molar-refractivity contribution in [1.82, 2.24) is 15.2 Å². The number of aliphatic carboxylic acids is 1. The van der Waals surface area contributed by atoms with Crippen LogP contribution in [0.4, 0.5) is 10.2 Å². The van der Waals surface area contributed by atoms with Crippen LogP contribution in [0.3, 0.4) is 0 Å². The maximum Gasteiger partial charge on any atom is 0.326 e. The summed E-state index contributed by atoms with van der Waals surface area (Å²) < 4.78 is 13.7. The van der Waals surface area contributed by atoms with Crippen LogP contribution in [0.25, 0.3) is 0 Å². The highest BCUT2D eigenvalue weighted by molar-refractivity contribution is 6.34. The van der Waals surface area contributed by atoms with E-state index in [0.717, 1.165) is 62.8 Å². The molecule has 2 aromatic rings. The molecule has 1 amide bonds. The lowest BCUT2D eigenvalue weighted by molar-refractivity contribution is -0.139. The molecular weight excluding hydrogens is 511 g/mol. The number of nitrogens with one attached hydrogen (secondary N) is 2. The van der Waals surface area contributed by atoms with Crippen molar-refractivity contribution in [3.63, 3.8) is 0 Å². The number of aromatic nitrogens is 1. The number of amides is 1. The van der Waals surface area contributed by atoms with Gasteiger partial charge in [-0.05, 0) is 89.1 Å². The van der Waals surface area contributed by atoms with E-state index in [1.54, 1.807) is 13.8 Å². The molecule has 0 spiro atoms. The fourth-order valence-corrected chi connectivity index (χ4v) is 4.61. The minimum Gasteiger partial charge on any atom is -0.480 e. The number of carbonyl (C=O) groups is 2. The maximum atomic E-state index is 13.7. The van der Waals surface area contributed by atoms with Gasteiger partial charge >= 0.3 is 5.97 Å². The largest absolute Gasteiger partial charge is 0.480 e. The van der Waals surface area contributed by atoms with E-state index in [0.29, 0.717) is 19.5 Å². The summed E-state index contributed by atoms with van der Waals surface area (Å²) in [5, 5.41) is 25.4. The van der Waals surface area contributed by atoms with Crippen LogP contribution in [-0.2, 0) is 17.6 Å². The molecule has 3 rings (SSSR count). The van der Waals surface area contributed by atoms with Gasteiger partial charge in [0.05, 0.1) is 16.2 Å². The highest BCUT2D eigenvalue weighted by Crippen LogP contribution is 2.21. The second kappa shape index (κ2) is 13.9. The minimum atomic E-state index is -1.18. The molecule has 0 fully saturated rings. The van der Waals surface area contributed by atoms with Gasteiger partial charge in [-0.25, -0.2) is 14.2 Å². The number of halogens is 2. The third-order valence-corrected chi connectivity index (χ3v) is 7.07. The zero-order valence-corrected chi connectivity index (χ0v) is 22.9. The summed E-state index contributed by atoms with van der Waals surface area (Å²) >= 11 is 5.89. The van der Waals surface area contributed by atoms with Gasteiger partial charge in [0.25, 0.3) is 5.91 Å². The second-order valence-corrected chi connectivity index (χ2v) is 10.8. The molecule has 4 N–H and O–H groups in total. The number of benzene rings is 1. The van der Waals surface area contributed by atoms with E-state index in [-0.39, 0.29) is 17.0 Å². The number of carboxylic acid groups (broad SMARTS) is 1. The summed E-state index contributed by atoms with van der Waals surface area (Å²) in [4.78, 5) is 31.3. The first kappa shape index (κ1) is 29.8. The number of aryl methyl sites for hydroxylation is 2. The molecule has 0 aliphatic carbocycles. The Kier molecular flexibility index (Phi) is 10.9. The molecule has 0 bridgehead atoms. The molecule has 1 unspecified atom stereocenters. The van der Waals surface area contributed by atoms with Gasteiger partial charge < -0.3 is 25.7 Å². The second-order valence-electron chi connectivity index (χ2n) is 10.5. The van der Waals surface area contributed by atoms with Crippen molar-refractivity contribution >= 4 is 29.3 Å². The smallest absolute Gasteiger partial charge is 0.326 e. The molecule has 1 atom stereocenters. The average Bonchev–Trinajstić information content (AvgIpc) is 2.87. The van der Waals surface area contributed by atoms with Crippen LogP contribution < -0.4 is 10.6 Å². The lowest BCUT2D eigenvalue weighted by atomic mass is 10.0. The predicted molar refractivity (Wildman–Crippen MR) is 146 cm³/mol. The predicted octanol–water partition coefficient (Wildman–Crippen LogP) is 4.29. The number of hydrogen-bond acceptors (Lipinski definition) is 6. The summed E-state index contributed by atoms with van der Waals surface area (Å²) in [7, 11) is 0. The Morgan fingerprint density at radius 3 is 2.74 bits per heavy atom. The molecule has 1 aliphatic heterocycles. The number of carbonyl (C=O) groups excluding carboxylic acids is 1. The number of aliphatic hydroxyl groups is 1. The third kappa shape index (κ3) is 9.22. The van der Waals surface area contributed by atoms with E-state index in [2.05, 4.69) is 27.7 Å². The van der Waals surface area contributed by atoms with Crippen LogP contribution in [-0.4, -0.2) is 69.8 Å². The van der Waals surface area contributed by atoms with Crippen molar-refractivity contribution < 1.29 is 24.2 Å². The number of nitrogens with zero attached hydrogens (tertiary/aromatic N) is 2. The lowest BCUT2D eigenvalue weighted by Gasteiger charge is -2.27. The fourth-order valence-electron chi connectivity index (χ4n) is 4.40. The van der Waals surface area contributed by atoms with Crippen LogP contribution in [0.5, 0.6) is 0 Å². The number of anilines is 1. The van der Waals surface area contributed by atoms with E-state index < -0.39 is 29.3 Å². The molecule has 1 aromatic heterocycles. The molecule has 208 valence electrons. The number of unbranched alkanes of at least 4 members (excludes halogenated alkanes) is 1. The number of pyridine rings is 1. The zero-order valence-electron chi connectivity index (χ0n) is 22.1. The van der Waals surface area contributed by atoms with Crippen LogP contribution in [0.15, 0.2) is 30.3 Å². The summed E-state index contributed by atoms with van der Waals surface area (Å²) in [5.74, 6) is -1.68. The number of rotatable bonds is 14. The van der Waals surface area contributed by atoms with Gasteiger partial charge in [0.15, 0.2) is 0 Å². The van der Waals surface area contributed by atoms with Gasteiger partial charge in [0.2, 0.25) is 0 Å². The molecule has 8 nitrogen and oxygen atoms in total. The van der Waals surface area contributed by atoms with E-state index in [4.69, 9.17) is 16.6 Å². The van der Waals surface area contributed by atoms with Gasteiger partial charge in [-0.15, -0.1) is 0 Å². The van der Waals surface area contributed by atoms with Crippen molar-refractivity contribution in [2.75, 3.05) is 31.5 Å². The van der Waals surface area contributed by atoms with Gasteiger partial charge in [0.1, 0.15) is 17.7 Å². The summed E-state index contributed by atoms with van der Waals surface area (Å²) in [6.45, 7) is 6.14. The molecule has 1 aliphatic rings. The molecule has 2 heterocycles. The minimum absolute atomic E-state index is 0.109. The van der Waals surface area contributed by atoms with Gasteiger partial charge in [-0.2, -0.15) is 0 Å². The SMILES string of the molecule is CC(C)(O)CCN(CCCCc1ccc2c(n1)NCCC2)CCC(NC(=O)c1cccc(F)c1Cl)C(=O)O. The Hall–Kier alpha value is -2.75. The van der Waals surface area contributed by atoms with Crippen LogP contribution in [0.1, 0.15) is 67.6 Å². The molecule has 10 heteroatoms. The number of hydrogen-bond donors (Lipinski definition) is 4. The first-order chi connectivity index (χ1) is 18.0. The Morgan fingerprint density at radius 1 is 1.21 bits per heavy atom. The Morgan fingerprint density at radius 2 is 2.00 bits per heavy atom. The third-order valence-electron chi connectivity index (χ3n) is 6.68. The van der Waals surface area contributed by atoms with E-state index in [9.17, 15) is 24.2 Å². The number of carboxylic acids is 1. The fraction of sp³-hybridized carbons (Fsp3) is 0.536. The first-order valence-corrected chi connectivity index (χ1v) is 13.6. The molecule has 0 radical (unpaired) electrons. The van der Waals surface area contributed by atoms with Crippen molar-refractivity contribution in [1.29, 1.82) is 0 Å². The summed E-state index contributed by atoms with van der Waals surface area (Å²) in [6, 6.07) is 6.90. The lowest BCUT2D eigenvalue weighted by Crippen LogP contribution is -2.43. The van der Waals surface area contributed by atoms with Gasteiger partial charge in [0, 0.05) is 25.3 Å². The van der Waals surface area contributed by atoms with Crippen molar-refractivity contribution in [2.45, 2.75) is 70.4 Å². The average molecular weight is 549 g/mol. The monoisotopic (exact) mass is 548 g/mol. The zero-order chi connectivity index (χ0) is 27.7. The van der Waals surface area contributed by atoms with E-state index >= 15 is 0 Å². The Balaban J connectivity index is 1.54. The van der Waals surface area contributed by atoms with E-state index in [1.165, 1.54) is 17.7 Å². The van der Waals surface area contributed by atoms with Gasteiger partial charge in [-0.1, -0.05) is 23.7 Å². The standard InChI is InChI=1S/C28H38ClFN4O4/c1-28(2,38)14-18-34(16-4-3-8-20-12-11-19-7-6-15-31-25(19)32-20)17-13-23(27(36)37)33-26(35)21-9-5-10-22(30)24(21)29/h5,9-12,23,38H,3-4,6-8,13-18H2,1-2H3,(H,31,32)(H,33,35)(H,36,37). The molecule has 1 aromatic carbocycles. The van der Waals surface area contributed by atoms with E-state index in [1.807, 2.05) is 0 Å².